The quantitative estimate of drug-likeness (QED) is 0.467. The van der Waals surface area contributed by atoms with E-state index in [1.165, 1.54) is 12.1 Å². The Balaban J connectivity index is 3.20. The number of nitrogens with zero attached hydrogens (tertiary/aromatic N) is 1. The fourth-order valence-corrected chi connectivity index (χ4v) is 2.51. The second kappa shape index (κ2) is 10.6. The van der Waals surface area contributed by atoms with Crippen molar-refractivity contribution >= 4 is 17.7 Å². The van der Waals surface area contributed by atoms with Gasteiger partial charge in [-0.15, -0.1) is 0 Å². The summed E-state index contributed by atoms with van der Waals surface area (Å²) in [5.74, 6) is -5.23. The van der Waals surface area contributed by atoms with Gasteiger partial charge < -0.3 is 9.47 Å². The van der Waals surface area contributed by atoms with Crippen molar-refractivity contribution in [3.05, 3.63) is 29.8 Å². The van der Waals surface area contributed by atoms with Gasteiger partial charge in [0.15, 0.2) is 5.78 Å². The van der Waals surface area contributed by atoms with Crippen LogP contribution in [0.1, 0.15) is 52.1 Å². The Morgan fingerprint density at radius 1 is 1.04 bits per heavy atom. The molecule has 0 fully saturated rings. The molecule has 0 aliphatic heterocycles. The van der Waals surface area contributed by atoms with Crippen LogP contribution in [0.2, 0.25) is 0 Å². The maximum absolute atomic E-state index is 13.2. The lowest BCUT2D eigenvalue weighted by Crippen LogP contribution is -2.38. The molecule has 1 unspecified atom stereocenters. The fourth-order valence-electron chi connectivity index (χ4n) is 2.51. The topological polar surface area (TPSA) is 82.6 Å². The van der Waals surface area contributed by atoms with Crippen LogP contribution in [-0.4, -0.2) is 35.9 Å². The number of rotatable bonds is 10. The predicted octanol–water partition coefficient (Wildman–Crippen LogP) is 3.05. The zero-order valence-corrected chi connectivity index (χ0v) is 15.7. The molecular formula is C19H26FNO5. The fraction of sp³-hybridized carbons (Fsp3) is 0.579. The Morgan fingerprint density at radius 2 is 1.62 bits per heavy atom. The lowest BCUT2D eigenvalue weighted by atomic mass is 9.85. The van der Waals surface area contributed by atoms with E-state index in [-0.39, 0.29) is 13.2 Å². The van der Waals surface area contributed by atoms with Crippen LogP contribution < -0.4 is 0 Å². The van der Waals surface area contributed by atoms with Crippen molar-refractivity contribution in [2.24, 2.45) is 11.8 Å². The minimum atomic E-state index is -1.67. The molecule has 144 valence electrons. The van der Waals surface area contributed by atoms with Gasteiger partial charge in [0, 0.05) is 0 Å². The van der Waals surface area contributed by atoms with Crippen molar-refractivity contribution in [2.75, 3.05) is 13.2 Å². The molecule has 1 atom stereocenters. The van der Waals surface area contributed by atoms with Crippen molar-refractivity contribution in [1.82, 2.24) is 4.98 Å². The van der Waals surface area contributed by atoms with E-state index in [0.29, 0.717) is 24.5 Å². The molecule has 0 spiro atoms. The van der Waals surface area contributed by atoms with Gasteiger partial charge in [0.05, 0.1) is 31.0 Å². The number of carbonyl (C=O) groups is 3. The summed E-state index contributed by atoms with van der Waals surface area (Å²) in [7, 11) is 0. The Hall–Kier alpha value is -2.31. The number of ketones is 1. The van der Waals surface area contributed by atoms with Gasteiger partial charge >= 0.3 is 11.9 Å². The van der Waals surface area contributed by atoms with Crippen molar-refractivity contribution in [3.8, 4) is 0 Å². The molecule has 1 aromatic heterocycles. The van der Waals surface area contributed by atoms with E-state index in [2.05, 4.69) is 4.98 Å². The van der Waals surface area contributed by atoms with Crippen LogP contribution in [0.15, 0.2) is 18.3 Å². The lowest BCUT2D eigenvalue weighted by molar-refractivity contribution is -0.164. The Bertz CT molecular complexity index is 597. The van der Waals surface area contributed by atoms with Gasteiger partial charge in [0.25, 0.3) is 0 Å². The van der Waals surface area contributed by atoms with Gasteiger partial charge in [-0.3, -0.25) is 19.4 Å². The minimum Gasteiger partial charge on any atom is -0.465 e. The summed E-state index contributed by atoms with van der Waals surface area (Å²) in [6, 6.07) is 2.59. The minimum absolute atomic E-state index is 0.0352. The van der Waals surface area contributed by atoms with Crippen molar-refractivity contribution in [2.45, 2.75) is 46.5 Å². The first-order chi connectivity index (χ1) is 12.3. The van der Waals surface area contributed by atoms with E-state index in [9.17, 15) is 18.8 Å². The number of aromatic nitrogens is 1. The van der Waals surface area contributed by atoms with E-state index < -0.39 is 35.4 Å². The van der Waals surface area contributed by atoms with Crippen LogP contribution in [0, 0.1) is 17.7 Å². The molecule has 0 aromatic carbocycles. The monoisotopic (exact) mass is 367 g/mol. The maximum atomic E-state index is 13.2. The first-order valence-corrected chi connectivity index (χ1v) is 8.80. The largest absolute Gasteiger partial charge is 0.465 e. The second-order valence-corrected chi connectivity index (χ2v) is 6.26. The zero-order valence-electron chi connectivity index (χ0n) is 15.7. The molecule has 0 saturated carbocycles. The SMILES string of the molecule is CCOC(=O)C(C(=O)OCC)C(=O)C(CCC(C)C)c1ccc(F)cn1. The summed E-state index contributed by atoms with van der Waals surface area (Å²) in [5.41, 5.74) is 0.315. The lowest BCUT2D eigenvalue weighted by Gasteiger charge is -2.21. The number of Topliss-reactive ketones (excluding diaryl/α,β-unsaturated/α-hetero) is 1. The van der Waals surface area contributed by atoms with Crippen LogP contribution in [0.5, 0.6) is 0 Å². The molecule has 1 rings (SSSR count). The second-order valence-electron chi connectivity index (χ2n) is 6.26. The van der Waals surface area contributed by atoms with Crippen molar-refractivity contribution in [3.63, 3.8) is 0 Å². The van der Waals surface area contributed by atoms with E-state index in [1.54, 1.807) is 13.8 Å². The molecule has 0 amide bonds. The van der Waals surface area contributed by atoms with Gasteiger partial charge in [0.1, 0.15) is 5.82 Å². The normalized spacial score (nSPS) is 12.1. The summed E-state index contributed by atoms with van der Waals surface area (Å²) in [5, 5.41) is 0. The predicted molar refractivity (Wildman–Crippen MR) is 92.8 cm³/mol. The number of halogens is 1. The van der Waals surface area contributed by atoms with Gasteiger partial charge in [-0.25, -0.2) is 4.39 Å². The molecule has 0 bridgehead atoms. The van der Waals surface area contributed by atoms with Gasteiger partial charge in [-0.05, 0) is 44.7 Å². The smallest absolute Gasteiger partial charge is 0.328 e. The van der Waals surface area contributed by atoms with Crippen LogP contribution in [0.4, 0.5) is 4.39 Å². The van der Waals surface area contributed by atoms with E-state index in [4.69, 9.17) is 9.47 Å². The molecule has 1 aromatic rings. The highest BCUT2D eigenvalue weighted by atomic mass is 19.1. The maximum Gasteiger partial charge on any atom is 0.328 e. The summed E-state index contributed by atoms with van der Waals surface area (Å²) in [6.45, 7) is 7.23. The molecular weight excluding hydrogens is 341 g/mol. The number of hydrogen-bond donors (Lipinski definition) is 0. The van der Waals surface area contributed by atoms with E-state index in [0.717, 1.165) is 6.20 Å². The van der Waals surface area contributed by atoms with E-state index in [1.807, 2.05) is 13.8 Å². The van der Waals surface area contributed by atoms with Crippen LogP contribution >= 0.6 is 0 Å². The summed E-state index contributed by atoms with van der Waals surface area (Å²) in [4.78, 5) is 41.4. The van der Waals surface area contributed by atoms with E-state index >= 15 is 0 Å². The average molecular weight is 367 g/mol. The number of carbonyl (C=O) groups excluding carboxylic acids is 3. The number of esters is 2. The standard InChI is InChI=1S/C19H26FNO5/c1-5-25-18(23)16(19(24)26-6-2)17(22)14(9-7-12(3)4)15-10-8-13(20)11-21-15/h8,10-12,14,16H,5-7,9H2,1-4H3. The van der Waals surface area contributed by atoms with Crippen LogP contribution in [-0.2, 0) is 23.9 Å². The third kappa shape index (κ3) is 6.20. The highest BCUT2D eigenvalue weighted by Crippen LogP contribution is 2.27. The molecule has 0 aliphatic rings. The molecule has 1 heterocycles. The average Bonchev–Trinajstić information content (AvgIpc) is 2.57. The van der Waals surface area contributed by atoms with Crippen molar-refractivity contribution in [1.29, 1.82) is 0 Å². The highest BCUT2D eigenvalue weighted by Gasteiger charge is 2.41. The summed E-state index contributed by atoms with van der Waals surface area (Å²) >= 11 is 0. The summed E-state index contributed by atoms with van der Waals surface area (Å²) < 4.78 is 23.0. The molecule has 0 aliphatic carbocycles. The molecule has 0 N–H and O–H groups in total. The molecule has 26 heavy (non-hydrogen) atoms. The first kappa shape index (κ1) is 21.7. The molecule has 0 saturated heterocycles. The zero-order chi connectivity index (χ0) is 19.7. The molecule has 0 radical (unpaired) electrons. The number of pyridine rings is 1. The molecule has 6 nitrogen and oxygen atoms in total. The van der Waals surface area contributed by atoms with Crippen LogP contribution in [0.3, 0.4) is 0 Å². The van der Waals surface area contributed by atoms with Crippen molar-refractivity contribution < 1.29 is 28.2 Å². The number of ether oxygens (including phenoxy) is 2. The first-order valence-electron chi connectivity index (χ1n) is 8.80. The Kier molecular flexibility index (Phi) is 8.88. The van der Waals surface area contributed by atoms with Gasteiger partial charge in [-0.1, -0.05) is 13.8 Å². The summed E-state index contributed by atoms with van der Waals surface area (Å²) in [6.07, 6.45) is 2.06. The Labute approximate surface area is 153 Å². The third-order valence-corrected chi connectivity index (χ3v) is 3.81. The Morgan fingerprint density at radius 3 is 2.04 bits per heavy atom. The van der Waals surface area contributed by atoms with Gasteiger partial charge in [-0.2, -0.15) is 0 Å². The van der Waals surface area contributed by atoms with Crippen LogP contribution in [0.25, 0.3) is 0 Å². The third-order valence-electron chi connectivity index (χ3n) is 3.81. The highest BCUT2D eigenvalue weighted by molar-refractivity contribution is 6.16. The molecule has 7 heteroatoms. The number of hydrogen-bond acceptors (Lipinski definition) is 6. The van der Waals surface area contributed by atoms with Gasteiger partial charge in [0.2, 0.25) is 5.92 Å².